The van der Waals surface area contributed by atoms with E-state index < -0.39 is 48.9 Å². The van der Waals surface area contributed by atoms with E-state index in [0.717, 1.165) is 0 Å². The molecule has 0 saturated carbocycles. The summed E-state index contributed by atoms with van der Waals surface area (Å²) in [5, 5.41) is 18.5. The van der Waals surface area contributed by atoms with Crippen molar-refractivity contribution in [1.29, 1.82) is 0 Å². The average molecular weight is 628 g/mol. The second-order valence-corrected chi connectivity index (χ2v) is 7.17. The molecule has 0 aliphatic heterocycles. The molecule has 0 aliphatic carbocycles. The zero-order chi connectivity index (χ0) is 21.2. The molecule has 0 spiro atoms. The van der Waals surface area contributed by atoms with Gasteiger partial charge in [-0.3, -0.25) is 0 Å². The Morgan fingerprint density at radius 1 is 0.963 bits per heavy atom. The number of phenolic OH excluding ortho intramolecular Hbond substituents is 1. The number of ether oxygens (including phenoxy) is 2. The summed E-state index contributed by atoms with van der Waals surface area (Å²) in [5.74, 6) is -4.60. The lowest BCUT2D eigenvalue weighted by Gasteiger charge is -2.29. The molecular weight excluding hydrogens is 620 g/mol. The Labute approximate surface area is 174 Å². The average Bonchev–Trinajstić information content (AvgIpc) is 2.51. The maximum Gasteiger partial charge on any atom is 0.437 e. The van der Waals surface area contributed by atoms with Crippen LogP contribution in [0.15, 0.2) is 12.1 Å². The number of halogens is 8. The maximum atomic E-state index is 12.4. The molecule has 1 aromatic carbocycles. The summed E-state index contributed by atoms with van der Waals surface area (Å²) in [6.07, 6.45) is -12.7. The highest BCUT2D eigenvalue weighted by molar-refractivity contribution is 14.1. The number of esters is 2. The SMILES string of the molecule is O=C(OCCOC(=O)C(O)(C(F)(F)F)C(F)(F)F)c1cc(I)cc(I)c1O. The van der Waals surface area contributed by atoms with E-state index in [2.05, 4.69) is 9.47 Å². The van der Waals surface area contributed by atoms with Crippen molar-refractivity contribution in [2.75, 3.05) is 13.2 Å². The molecule has 1 rings (SSSR count). The molecule has 27 heavy (non-hydrogen) atoms. The highest BCUT2D eigenvalue weighted by Gasteiger charge is 2.76. The summed E-state index contributed by atoms with van der Waals surface area (Å²) in [6.45, 7) is -2.11. The summed E-state index contributed by atoms with van der Waals surface area (Å²) in [6, 6.07) is 2.74. The van der Waals surface area contributed by atoms with Crippen LogP contribution in [-0.2, 0) is 14.3 Å². The van der Waals surface area contributed by atoms with Gasteiger partial charge in [0, 0.05) is 3.57 Å². The Balaban J connectivity index is 2.73. The first-order valence-corrected chi connectivity index (χ1v) is 8.67. The van der Waals surface area contributed by atoms with Gasteiger partial charge in [-0.2, -0.15) is 26.3 Å². The van der Waals surface area contributed by atoms with Crippen LogP contribution >= 0.6 is 45.2 Å². The lowest BCUT2D eigenvalue weighted by Crippen LogP contribution is -2.63. The molecule has 6 nitrogen and oxygen atoms in total. The molecule has 152 valence electrons. The van der Waals surface area contributed by atoms with Crippen LogP contribution in [0.5, 0.6) is 5.75 Å². The number of phenols is 1. The fraction of sp³-hybridized carbons (Fsp3) is 0.385. The first-order valence-electron chi connectivity index (χ1n) is 6.51. The predicted octanol–water partition coefficient (Wildman–Crippen LogP) is 3.16. The molecule has 14 heteroatoms. The quantitative estimate of drug-likeness (QED) is 0.226. The zero-order valence-corrected chi connectivity index (χ0v) is 16.9. The second-order valence-electron chi connectivity index (χ2n) is 4.76. The molecule has 0 aliphatic rings. The standard InChI is InChI=1S/C13H8F6I2O6/c14-12(15,16)11(25,13(17,18)19)10(24)27-2-1-26-9(23)6-3-5(20)4-7(21)8(6)22/h3-4,22,25H,1-2H2. The topological polar surface area (TPSA) is 93.1 Å². The van der Waals surface area contributed by atoms with Crippen LogP contribution in [0, 0.1) is 7.14 Å². The minimum atomic E-state index is -6.37. The number of rotatable bonds is 5. The fourth-order valence-corrected chi connectivity index (χ4v) is 3.41. The summed E-state index contributed by atoms with van der Waals surface area (Å²) in [4.78, 5) is 22.9. The van der Waals surface area contributed by atoms with E-state index in [-0.39, 0.29) is 5.56 Å². The summed E-state index contributed by atoms with van der Waals surface area (Å²) >= 11 is 3.54. The van der Waals surface area contributed by atoms with Gasteiger partial charge in [0.2, 0.25) is 0 Å². The van der Waals surface area contributed by atoms with Crippen molar-refractivity contribution in [2.24, 2.45) is 0 Å². The van der Waals surface area contributed by atoms with Crippen molar-refractivity contribution in [3.05, 3.63) is 24.8 Å². The Hall–Kier alpha value is -1.04. The summed E-state index contributed by atoms with van der Waals surface area (Å²) in [5.41, 5.74) is -6.02. The van der Waals surface area contributed by atoms with E-state index >= 15 is 0 Å². The third-order valence-electron chi connectivity index (χ3n) is 2.91. The molecule has 2 N–H and O–H groups in total. The van der Waals surface area contributed by atoms with Gasteiger partial charge in [0.15, 0.2) is 0 Å². The Bertz CT molecular complexity index is 719. The van der Waals surface area contributed by atoms with Gasteiger partial charge in [-0.1, -0.05) is 0 Å². The first-order chi connectivity index (χ1) is 12.1. The molecule has 0 amide bonds. The van der Waals surface area contributed by atoms with E-state index in [1.807, 2.05) is 22.6 Å². The van der Waals surface area contributed by atoms with Crippen LogP contribution in [0.2, 0.25) is 0 Å². The van der Waals surface area contributed by atoms with Gasteiger partial charge in [0.25, 0.3) is 0 Å². The van der Waals surface area contributed by atoms with Crippen LogP contribution in [0.1, 0.15) is 10.4 Å². The molecule has 0 aromatic heterocycles. The molecule has 0 saturated heterocycles. The molecule has 1 aromatic rings. The van der Waals surface area contributed by atoms with E-state index in [1.165, 1.54) is 12.1 Å². The molecule has 0 heterocycles. The number of carbonyl (C=O) groups excluding carboxylic acids is 2. The number of aliphatic hydroxyl groups is 1. The van der Waals surface area contributed by atoms with E-state index in [1.54, 1.807) is 22.6 Å². The maximum absolute atomic E-state index is 12.4. The monoisotopic (exact) mass is 628 g/mol. The van der Waals surface area contributed by atoms with Gasteiger partial charge >= 0.3 is 29.9 Å². The van der Waals surface area contributed by atoms with Gasteiger partial charge in [0.05, 0.1) is 3.57 Å². The number of benzene rings is 1. The first kappa shape index (κ1) is 24.0. The number of carbonyl (C=O) groups is 2. The highest BCUT2D eigenvalue weighted by Crippen LogP contribution is 2.43. The molecular formula is C13H8F6I2O6. The van der Waals surface area contributed by atoms with E-state index in [0.29, 0.717) is 7.14 Å². The Morgan fingerprint density at radius 3 is 1.93 bits per heavy atom. The number of alkyl halides is 6. The number of aromatic hydroxyl groups is 1. The van der Waals surface area contributed by atoms with Crippen molar-refractivity contribution in [1.82, 2.24) is 0 Å². The number of hydrogen-bond donors (Lipinski definition) is 2. The third kappa shape index (κ3) is 5.27. The zero-order valence-electron chi connectivity index (χ0n) is 12.6. The second kappa shape index (κ2) is 8.54. The van der Waals surface area contributed by atoms with Gasteiger partial charge in [0.1, 0.15) is 24.5 Å². The van der Waals surface area contributed by atoms with E-state index in [9.17, 15) is 41.0 Å². The van der Waals surface area contributed by atoms with Crippen LogP contribution in [0.4, 0.5) is 26.3 Å². The minimum Gasteiger partial charge on any atom is -0.506 e. The summed E-state index contributed by atoms with van der Waals surface area (Å²) in [7, 11) is 0. The van der Waals surface area contributed by atoms with Crippen molar-refractivity contribution in [2.45, 2.75) is 18.0 Å². The normalized spacial score (nSPS) is 12.6. The highest BCUT2D eigenvalue weighted by atomic mass is 127. The molecule has 0 fully saturated rings. The van der Waals surface area contributed by atoms with Crippen molar-refractivity contribution in [3.63, 3.8) is 0 Å². The summed E-state index contributed by atoms with van der Waals surface area (Å²) < 4.78 is 83.8. The third-order valence-corrected chi connectivity index (χ3v) is 4.36. The lowest BCUT2D eigenvalue weighted by atomic mass is 10.0. The van der Waals surface area contributed by atoms with Gasteiger partial charge in [-0.25, -0.2) is 9.59 Å². The van der Waals surface area contributed by atoms with Gasteiger partial charge < -0.3 is 19.7 Å². The molecule has 0 bridgehead atoms. The van der Waals surface area contributed by atoms with Gasteiger partial charge in [-0.05, 0) is 57.3 Å². The lowest BCUT2D eigenvalue weighted by molar-refractivity contribution is -0.357. The molecule has 0 atom stereocenters. The van der Waals surface area contributed by atoms with Crippen LogP contribution < -0.4 is 0 Å². The van der Waals surface area contributed by atoms with Crippen molar-refractivity contribution < 1.29 is 55.6 Å². The number of hydrogen-bond acceptors (Lipinski definition) is 6. The smallest absolute Gasteiger partial charge is 0.437 e. The van der Waals surface area contributed by atoms with Crippen molar-refractivity contribution >= 4 is 57.1 Å². The Kier molecular flexibility index (Phi) is 7.59. The largest absolute Gasteiger partial charge is 0.506 e. The van der Waals surface area contributed by atoms with E-state index in [4.69, 9.17) is 5.11 Å². The van der Waals surface area contributed by atoms with Crippen LogP contribution in [-0.4, -0.2) is 53.3 Å². The van der Waals surface area contributed by atoms with Gasteiger partial charge in [-0.15, -0.1) is 0 Å². The minimum absolute atomic E-state index is 0.290. The fourth-order valence-electron chi connectivity index (χ4n) is 1.56. The van der Waals surface area contributed by atoms with Crippen LogP contribution in [0.25, 0.3) is 0 Å². The Morgan fingerprint density at radius 2 is 1.44 bits per heavy atom. The van der Waals surface area contributed by atoms with Crippen molar-refractivity contribution in [3.8, 4) is 5.75 Å². The van der Waals surface area contributed by atoms with Crippen LogP contribution in [0.3, 0.4) is 0 Å². The molecule has 0 radical (unpaired) electrons. The predicted molar refractivity (Wildman–Crippen MR) is 91.8 cm³/mol. The molecule has 0 unspecified atom stereocenters.